The summed E-state index contributed by atoms with van der Waals surface area (Å²) in [5.41, 5.74) is 2.31. The highest BCUT2D eigenvalue weighted by atomic mass is 16.4. The standard InChI is InChI=1S/C14H16N4O2/c1-17-9-15-16-13(17)8-18-7-11-5-3-2-4-10(11)6-12(18)14(19)20/h2-5,9,12H,6-8H2,1H3,(H,19,20). The van der Waals surface area contributed by atoms with Crippen molar-refractivity contribution in [2.45, 2.75) is 25.6 Å². The normalized spacial score (nSPS) is 18.8. The minimum absolute atomic E-state index is 0.488. The molecule has 1 aromatic carbocycles. The Morgan fingerprint density at radius 2 is 2.15 bits per heavy atom. The van der Waals surface area contributed by atoms with Gasteiger partial charge in [-0.3, -0.25) is 9.69 Å². The second-order valence-electron chi connectivity index (χ2n) is 5.09. The van der Waals surface area contributed by atoms with Crippen LogP contribution >= 0.6 is 0 Å². The van der Waals surface area contributed by atoms with Gasteiger partial charge in [0.15, 0.2) is 0 Å². The summed E-state index contributed by atoms with van der Waals surface area (Å²) in [7, 11) is 1.86. The minimum atomic E-state index is -0.790. The molecule has 1 aromatic heterocycles. The third-order valence-electron chi connectivity index (χ3n) is 3.78. The maximum Gasteiger partial charge on any atom is 0.321 e. The molecule has 0 bridgehead atoms. The summed E-state index contributed by atoms with van der Waals surface area (Å²) in [6, 6.07) is 7.49. The number of carboxylic acids is 1. The quantitative estimate of drug-likeness (QED) is 0.896. The van der Waals surface area contributed by atoms with Crippen LogP contribution in [0.25, 0.3) is 0 Å². The molecule has 0 spiro atoms. The van der Waals surface area contributed by atoms with Crippen molar-refractivity contribution in [2.24, 2.45) is 7.05 Å². The number of carbonyl (C=O) groups is 1. The molecule has 0 radical (unpaired) electrons. The van der Waals surface area contributed by atoms with Crippen LogP contribution in [0.1, 0.15) is 17.0 Å². The van der Waals surface area contributed by atoms with Crippen molar-refractivity contribution >= 4 is 5.97 Å². The number of aliphatic carboxylic acids is 1. The van der Waals surface area contributed by atoms with Crippen molar-refractivity contribution in [3.8, 4) is 0 Å². The molecule has 0 saturated carbocycles. The van der Waals surface area contributed by atoms with Crippen LogP contribution in [-0.2, 0) is 31.4 Å². The van der Waals surface area contributed by atoms with Gasteiger partial charge in [-0.2, -0.15) is 0 Å². The van der Waals surface area contributed by atoms with Crippen LogP contribution in [0.4, 0.5) is 0 Å². The van der Waals surface area contributed by atoms with Crippen LogP contribution in [0.15, 0.2) is 30.6 Å². The van der Waals surface area contributed by atoms with E-state index in [4.69, 9.17) is 0 Å². The van der Waals surface area contributed by atoms with E-state index in [1.165, 1.54) is 5.56 Å². The molecule has 2 aromatic rings. The summed E-state index contributed by atoms with van der Waals surface area (Å²) in [6.07, 6.45) is 2.16. The molecule has 0 fully saturated rings. The predicted molar refractivity (Wildman–Crippen MR) is 71.8 cm³/mol. The lowest BCUT2D eigenvalue weighted by molar-refractivity contribution is -0.144. The van der Waals surface area contributed by atoms with Crippen LogP contribution in [0.3, 0.4) is 0 Å². The number of aryl methyl sites for hydroxylation is 1. The average molecular weight is 272 g/mol. The van der Waals surface area contributed by atoms with Crippen LogP contribution in [0.2, 0.25) is 0 Å². The van der Waals surface area contributed by atoms with Gasteiger partial charge in [0, 0.05) is 13.6 Å². The molecule has 2 heterocycles. The Morgan fingerprint density at radius 1 is 1.40 bits per heavy atom. The maximum atomic E-state index is 11.5. The predicted octanol–water partition coefficient (Wildman–Crippen LogP) is 0.827. The molecular formula is C14H16N4O2. The molecule has 104 valence electrons. The molecule has 6 heteroatoms. The largest absolute Gasteiger partial charge is 0.480 e. The maximum absolute atomic E-state index is 11.5. The average Bonchev–Trinajstić information content (AvgIpc) is 2.83. The Bertz CT molecular complexity index is 638. The van der Waals surface area contributed by atoms with Crippen LogP contribution in [-0.4, -0.2) is 36.8 Å². The van der Waals surface area contributed by atoms with Gasteiger partial charge in [-0.1, -0.05) is 24.3 Å². The molecule has 6 nitrogen and oxygen atoms in total. The number of hydrogen-bond acceptors (Lipinski definition) is 4. The zero-order valence-electron chi connectivity index (χ0n) is 11.2. The molecule has 0 aliphatic carbocycles. The Labute approximate surface area is 116 Å². The first-order valence-electron chi connectivity index (χ1n) is 6.51. The van der Waals surface area contributed by atoms with Crippen molar-refractivity contribution in [2.75, 3.05) is 0 Å². The molecule has 0 amide bonds. The van der Waals surface area contributed by atoms with Gasteiger partial charge in [-0.05, 0) is 17.5 Å². The molecule has 3 rings (SSSR count). The smallest absolute Gasteiger partial charge is 0.321 e. The second-order valence-corrected chi connectivity index (χ2v) is 5.09. The molecule has 0 saturated heterocycles. The molecule has 1 unspecified atom stereocenters. The van der Waals surface area contributed by atoms with Gasteiger partial charge < -0.3 is 9.67 Å². The lowest BCUT2D eigenvalue weighted by Gasteiger charge is -2.33. The summed E-state index contributed by atoms with van der Waals surface area (Å²) in [4.78, 5) is 13.4. The van der Waals surface area contributed by atoms with Crippen LogP contribution in [0, 0.1) is 0 Å². The van der Waals surface area contributed by atoms with E-state index in [1.807, 2.05) is 34.7 Å². The number of fused-ring (bicyclic) bond motifs is 1. The minimum Gasteiger partial charge on any atom is -0.480 e. The zero-order valence-corrected chi connectivity index (χ0v) is 11.2. The van der Waals surface area contributed by atoms with Crippen LogP contribution in [0.5, 0.6) is 0 Å². The van der Waals surface area contributed by atoms with E-state index in [0.717, 1.165) is 11.4 Å². The monoisotopic (exact) mass is 272 g/mol. The lowest BCUT2D eigenvalue weighted by Crippen LogP contribution is -2.45. The number of benzene rings is 1. The fraction of sp³-hybridized carbons (Fsp3) is 0.357. The molecule has 1 atom stereocenters. The SMILES string of the molecule is Cn1cnnc1CN1Cc2ccccc2CC1C(=O)O. The number of nitrogens with zero attached hydrogens (tertiary/aromatic N) is 4. The summed E-state index contributed by atoms with van der Waals surface area (Å²) >= 11 is 0. The van der Waals surface area contributed by atoms with Gasteiger partial charge in [0.1, 0.15) is 18.2 Å². The first-order chi connectivity index (χ1) is 9.65. The van der Waals surface area contributed by atoms with Gasteiger partial charge in [0.2, 0.25) is 0 Å². The lowest BCUT2D eigenvalue weighted by atomic mass is 9.94. The molecule has 20 heavy (non-hydrogen) atoms. The molecule has 1 aliphatic rings. The highest BCUT2D eigenvalue weighted by Gasteiger charge is 2.31. The highest BCUT2D eigenvalue weighted by molar-refractivity contribution is 5.74. The van der Waals surface area contributed by atoms with Crippen molar-refractivity contribution in [1.29, 1.82) is 0 Å². The van der Waals surface area contributed by atoms with Gasteiger partial charge in [-0.15, -0.1) is 10.2 Å². The Hall–Kier alpha value is -2.21. The fourth-order valence-electron chi connectivity index (χ4n) is 2.62. The Morgan fingerprint density at radius 3 is 2.80 bits per heavy atom. The van der Waals surface area contributed by atoms with Gasteiger partial charge in [0.25, 0.3) is 0 Å². The van der Waals surface area contributed by atoms with E-state index in [9.17, 15) is 9.90 Å². The van der Waals surface area contributed by atoms with E-state index < -0.39 is 12.0 Å². The highest BCUT2D eigenvalue weighted by Crippen LogP contribution is 2.24. The number of hydrogen-bond donors (Lipinski definition) is 1. The van der Waals surface area contributed by atoms with E-state index >= 15 is 0 Å². The Balaban J connectivity index is 1.89. The van der Waals surface area contributed by atoms with E-state index in [2.05, 4.69) is 16.3 Å². The zero-order chi connectivity index (χ0) is 14.1. The van der Waals surface area contributed by atoms with Gasteiger partial charge in [0.05, 0.1) is 6.54 Å². The summed E-state index contributed by atoms with van der Waals surface area (Å²) in [5.74, 6) is -0.0164. The Kier molecular flexibility index (Phi) is 3.23. The van der Waals surface area contributed by atoms with Gasteiger partial charge in [-0.25, -0.2) is 0 Å². The van der Waals surface area contributed by atoms with E-state index in [-0.39, 0.29) is 0 Å². The van der Waals surface area contributed by atoms with E-state index in [1.54, 1.807) is 6.33 Å². The molecule has 1 aliphatic heterocycles. The topological polar surface area (TPSA) is 71.2 Å². The van der Waals surface area contributed by atoms with E-state index in [0.29, 0.717) is 19.5 Å². The van der Waals surface area contributed by atoms with Crippen molar-refractivity contribution in [3.63, 3.8) is 0 Å². The van der Waals surface area contributed by atoms with Crippen molar-refractivity contribution < 1.29 is 9.90 Å². The molecular weight excluding hydrogens is 256 g/mol. The number of rotatable bonds is 3. The molecule has 1 N–H and O–H groups in total. The van der Waals surface area contributed by atoms with Crippen molar-refractivity contribution in [3.05, 3.63) is 47.5 Å². The fourth-order valence-corrected chi connectivity index (χ4v) is 2.62. The first kappa shape index (κ1) is 12.8. The third-order valence-corrected chi connectivity index (χ3v) is 3.78. The van der Waals surface area contributed by atoms with Gasteiger partial charge >= 0.3 is 5.97 Å². The first-order valence-corrected chi connectivity index (χ1v) is 6.51. The number of carboxylic acid groups (broad SMARTS) is 1. The third kappa shape index (κ3) is 2.30. The summed E-state index contributed by atoms with van der Waals surface area (Å²) in [6.45, 7) is 1.11. The van der Waals surface area contributed by atoms with Crippen molar-refractivity contribution in [1.82, 2.24) is 19.7 Å². The number of aromatic nitrogens is 3. The second kappa shape index (κ2) is 5.05. The van der Waals surface area contributed by atoms with Crippen LogP contribution < -0.4 is 0 Å². The summed E-state index contributed by atoms with van der Waals surface area (Å²) < 4.78 is 1.82. The summed E-state index contributed by atoms with van der Waals surface area (Å²) in [5, 5.41) is 17.3.